The third kappa shape index (κ3) is 3.70. The highest BCUT2D eigenvalue weighted by molar-refractivity contribution is 8.00. The predicted octanol–water partition coefficient (Wildman–Crippen LogP) is 1.44. The van der Waals surface area contributed by atoms with E-state index in [1.54, 1.807) is 0 Å². The first-order valence-corrected chi connectivity index (χ1v) is 5.59. The van der Waals surface area contributed by atoms with Crippen molar-refractivity contribution in [1.82, 2.24) is 0 Å². The Morgan fingerprint density at radius 1 is 1.60 bits per heavy atom. The molecule has 4 nitrogen and oxygen atoms in total. The fourth-order valence-corrected chi connectivity index (χ4v) is 2.28. The molecular weight excluding hydrogens is 223 g/mol. The number of carboxylic acids is 1. The number of halogens is 1. The van der Waals surface area contributed by atoms with Gasteiger partial charge in [0.15, 0.2) is 0 Å². The fraction of sp³-hybridized carbons (Fsp3) is 0.778. The van der Waals surface area contributed by atoms with Crippen molar-refractivity contribution >= 4 is 23.7 Å². The molecule has 0 aliphatic heterocycles. The number of aliphatic carboxylic acids is 1. The number of alkyl halides is 1. The van der Waals surface area contributed by atoms with Crippen molar-refractivity contribution in [2.75, 3.05) is 12.9 Å². The van der Waals surface area contributed by atoms with Crippen LogP contribution in [0.15, 0.2) is 0 Å². The molecule has 0 radical (unpaired) electrons. The van der Waals surface area contributed by atoms with Crippen molar-refractivity contribution < 1.29 is 23.8 Å². The number of thioether (sulfide) groups is 1. The second kappa shape index (κ2) is 4.83. The molecule has 1 aliphatic carbocycles. The number of ether oxygens (including phenoxy) is 1. The van der Waals surface area contributed by atoms with E-state index < -0.39 is 11.5 Å². The summed E-state index contributed by atoms with van der Waals surface area (Å²) in [6.45, 7) is 0. The van der Waals surface area contributed by atoms with Crippen LogP contribution in [-0.4, -0.2) is 35.4 Å². The third-order valence-corrected chi connectivity index (χ3v) is 3.71. The number of esters is 1. The Hall–Kier alpha value is -0.780. The van der Waals surface area contributed by atoms with Crippen molar-refractivity contribution in [2.24, 2.45) is 5.41 Å². The van der Waals surface area contributed by atoms with E-state index in [2.05, 4.69) is 4.74 Å². The summed E-state index contributed by atoms with van der Waals surface area (Å²) in [4.78, 5) is 21.2. The van der Waals surface area contributed by atoms with E-state index in [9.17, 15) is 14.0 Å². The van der Waals surface area contributed by atoms with E-state index in [1.807, 2.05) is 0 Å². The number of carbonyl (C=O) groups is 2. The molecule has 1 N–H and O–H groups in total. The molecule has 1 unspecified atom stereocenters. The minimum absolute atomic E-state index is 0.225. The molecule has 1 saturated carbocycles. The molecular formula is C9H13FO4S. The van der Waals surface area contributed by atoms with Crippen LogP contribution in [0.1, 0.15) is 19.3 Å². The first-order valence-electron chi connectivity index (χ1n) is 4.54. The topological polar surface area (TPSA) is 63.6 Å². The molecule has 0 heterocycles. The molecule has 1 rings (SSSR count). The molecule has 0 saturated heterocycles. The van der Waals surface area contributed by atoms with E-state index in [-0.39, 0.29) is 17.8 Å². The lowest BCUT2D eigenvalue weighted by molar-refractivity contribution is -0.142. The van der Waals surface area contributed by atoms with E-state index >= 15 is 0 Å². The van der Waals surface area contributed by atoms with Gasteiger partial charge in [0.05, 0.1) is 13.5 Å². The minimum Gasteiger partial charge on any atom is -0.478 e. The summed E-state index contributed by atoms with van der Waals surface area (Å²) < 4.78 is 17.3. The Morgan fingerprint density at radius 3 is 2.60 bits per heavy atom. The highest BCUT2D eigenvalue weighted by Gasteiger charge is 2.45. The lowest BCUT2D eigenvalue weighted by Crippen LogP contribution is -2.17. The number of rotatable bonds is 6. The Bertz CT molecular complexity index is 265. The van der Waals surface area contributed by atoms with Crippen LogP contribution in [0.3, 0.4) is 0 Å². The standard InChI is InChI=1S/C9H13FO4S/c1-14-6(11)4-9(2-3-9)5-15-7(10)8(12)13/h7H,2-5H2,1H3,(H,12,13). The predicted molar refractivity (Wildman–Crippen MR) is 53.3 cm³/mol. The molecule has 86 valence electrons. The number of hydrogen-bond acceptors (Lipinski definition) is 4. The maximum atomic E-state index is 12.8. The monoisotopic (exact) mass is 236 g/mol. The summed E-state index contributed by atoms with van der Waals surface area (Å²) in [5, 5.41) is 8.34. The first kappa shape index (κ1) is 12.3. The van der Waals surface area contributed by atoms with Gasteiger partial charge in [-0.15, -0.1) is 11.8 Å². The summed E-state index contributed by atoms with van der Waals surface area (Å²) in [5.41, 5.74) is -2.13. The molecule has 0 spiro atoms. The van der Waals surface area contributed by atoms with E-state index in [0.29, 0.717) is 5.75 Å². The van der Waals surface area contributed by atoms with Gasteiger partial charge < -0.3 is 9.84 Å². The van der Waals surface area contributed by atoms with Crippen LogP contribution in [0.5, 0.6) is 0 Å². The number of hydrogen-bond donors (Lipinski definition) is 1. The van der Waals surface area contributed by atoms with Gasteiger partial charge in [0.1, 0.15) is 0 Å². The minimum atomic E-state index is -1.90. The molecule has 0 bridgehead atoms. The second-order valence-corrected chi connectivity index (χ2v) is 4.75. The van der Waals surface area contributed by atoms with Crippen LogP contribution in [0.4, 0.5) is 4.39 Å². The maximum Gasteiger partial charge on any atom is 0.348 e. The fourth-order valence-electron chi connectivity index (χ4n) is 1.25. The van der Waals surface area contributed by atoms with Crippen molar-refractivity contribution in [2.45, 2.75) is 24.8 Å². The van der Waals surface area contributed by atoms with Crippen molar-refractivity contribution in [3.8, 4) is 0 Å². The van der Waals surface area contributed by atoms with Gasteiger partial charge in [-0.25, -0.2) is 9.18 Å². The highest BCUT2D eigenvalue weighted by Crippen LogP contribution is 2.51. The van der Waals surface area contributed by atoms with Gasteiger partial charge in [-0.2, -0.15) is 0 Å². The van der Waals surface area contributed by atoms with Gasteiger partial charge in [0.25, 0.3) is 0 Å². The van der Waals surface area contributed by atoms with Gasteiger partial charge in [-0.3, -0.25) is 4.79 Å². The van der Waals surface area contributed by atoms with E-state index in [4.69, 9.17) is 5.11 Å². The zero-order valence-electron chi connectivity index (χ0n) is 8.36. The van der Waals surface area contributed by atoms with Crippen LogP contribution < -0.4 is 0 Å². The van der Waals surface area contributed by atoms with Crippen LogP contribution in [0.25, 0.3) is 0 Å². The summed E-state index contributed by atoms with van der Waals surface area (Å²) in [7, 11) is 1.31. The summed E-state index contributed by atoms with van der Waals surface area (Å²) in [6, 6.07) is 0. The lowest BCUT2D eigenvalue weighted by atomic mass is 10.1. The lowest BCUT2D eigenvalue weighted by Gasteiger charge is -2.13. The van der Waals surface area contributed by atoms with Gasteiger partial charge in [0, 0.05) is 5.75 Å². The average Bonchev–Trinajstić information content (AvgIpc) is 2.94. The number of carboxylic acid groups (broad SMARTS) is 1. The molecule has 0 amide bonds. The first-order chi connectivity index (χ1) is 6.99. The van der Waals surface area contributed by atoms with Crippen molar-refractivity contribution in [3.05, 3.63) is 0 Å². The second-order valence-electron chi connectivity index (χ2n) is 3.72. The van der Waals surface area contributed by atoms with Crippen molar-refractivity contribution in [3.63, 3.8) is 0 Å². The summed E-state index contributed by atoms with van der Waals surface area (Å²) in [6.07, 6.45) is 1.92. The molecule has 0 aromatic heterocycles. The quantitative estimate of drug-likeness (QED) is 0.707. The summed E-state index contributed by atoms with van der Waals surface area (Å²) in [5.74, 6) is -1.43. The highest BCUT2D eigenvalue weighted by atomic mass is 32.2. The molecule has 1 aliphatic rings. The van der Waals surface area contributed by atoms with Crippen LogP contribution >= 0.6 is 11.8 Å². The van der Waals surface area contributed by atoms with Crippen LogP contribution in [0, 0.1) is 5.41 Å². The maximum absolute atomic E-state index is 12.8. The van der Waals surface area contributed by atoms with E-state index in [0.717, 1.165) is 24.6 Å². The van der Waals surface area contributed by atoms with Gasteiger partial charge in [-0.1, -0.05) is 0 Å². The van der Waals surface area contributed by atoms with E-state index in [1.165, 1.54) is 7.11 Å². The summed E-state index contributed by atoms with van der Waals surface area (Å²) >= 11 is 0.732. The molecule has 1 fully saturated rings. The zero-order chi connectivity index (χ0) is 11.5. The molecule has 1 atom stereocenters. The van der Waals surface area contributed by atoms with Crippen molar-refractivity contribution in [1.29, 1.82) is 0 Å². The number of methoxy groups -OCH3 is 1. The third-order valence-electron chi connectivity index (χ3n) is 2.43. The van der Waals surface area contributed by atoms with Crippen LogP contribution in [0.2, 0.25) is 0 Å². The molecule has 15 heavy (non-hydrogen) atoms. The van der Waals surface area contributed by atoms with Crippen LogP contribution in [-0.2, 0) is 14.3 Å². The molecule has 0 aromatic carbocycles. The normalized spacial score (nSPS) is 19.3. The molecule has 0 aromatic rings. The Labute approximate surface area is 91.2 Å². The Kier molecular flexibility index (Phi) is 3.96. The Morgan fingerprint density at radius 2 is 2.20 bits per heavy atom. The largest absolute Gasteiger partial charge is 0.478 e. The number of carbonyl (C=O) groups excluding carboxylic acids is 1. The molecule has 6 heteroatoms. The Balaban J connectivity index is 2.31. The smallest absolute Gasteiger partial charge is 0.348 e. The van der Waals surface area contributed by atoms with Gasteiger partial charge in [-0.05, 0) is 18.3 Å². The van der Waals surface area contributed by atoms with Gasteiger partial charge >= 0.3 is 11.9 Å². The SMILES string of the molecule is COC(=O)CC1(CSC(F)C(=O)O)CC1. The van der Waals surface area contributed by atoms with Gasteiger partial charge in [0.2, 0.25) is 5.50 Å². The average molecular weight is 236 g/mol. The zero-order valence-corrected chi connectivity index (χ0v) is 9.18.